The third kappa shape index (κ3) is 1.98. The molecular formula is C10H13FO2. The van der Waals surface area contributed by atoms with Crippen molar-refractivity contribution in [2.45, 2.75) is 13.0 Å². The standard InChI is InChI=1S/C10H13FO2/c1-7-8(9(12)6-11)4-3-5-10(7)13-2/h3-5,9,12H,6H2,1-2H3. The van der Waals surface area contributed by atoms with E-state index >= 15 is 0 Å². The molecule has 0 heterocycles. The highest BCUT2D eigenvalue weighted by Crippen LogP contribution is 2.25. The van der Waals surface area contributed by atoms with Crippen molar-refractivity contribution in [3.05, 3.63) is 29.3 Å². The first kappa shape index (κ1) is 9.99. The van der Waals surface area contributed by atoms with Crippen molar-refractivity contribution in [1.29, 1.82) is 0 Å². The molecule has 1 aromatic rings. The number of hydrogen-bond acceptors (Lipinski definition) is 2. The zero-order valence-corrected chi connectivity index (χ0v) is 7.75. The second-order valence-corrected chi connectivity index (χ2v) is 2.84. The number of halogens is 1. The molecule has 72 valence electrons. The van der Waals surface area contributed by atoms with Gasteiger partial charge in [0.15, 0.2) is 0 Å². The van der Waals surface area contributed by atoms with Crippen LogP contribution in [0.15, 0.2) is 18.2 Å². The zero-order valence-electron chi connectivity index (χ0n) is 7.75. The lowest BCUT2D eigenvalue weighted by Crippen LogP contribution is -2.02. The molecule has 1 unspecified atom stereocenters. The van der Waals surface area contributed by atoms with E-state index in [-0.39, 0.29) is 0 Å². The number of benzene rings is 1. The lowest BCUT2D eigenvalue weighted by molar-refractivity contribution is 0.141. The monoisotopic (exact) mass is 184 g/mol. The molecule has 0 aliphatic rings. The molecule has 0 aliphatic carbocycles. The van der Waals surface area contributed by atoms with Crippen molar-refractivity contribution in [1.82, 2.24) is 0 Å². The van der Waals surface area contributed by atoms with E-state index in [1.165, 1.54) is 0 Å². The van der Waals surface area contributed by atoms with Crippen LogP contribution in [0.2, 0.25) is 0 Å². The molecule has 1 atom stereocenters. The van der Waals surface area contributed by atoms with Gasteiger partial charge in [-0.2, -0.15) is 0 Å². The van der Waals surface area contributed by atoms with Crippen molar-refractivity contribution >= 4 is 0 Å². The molecule has 2 nitrogen and oxygen atoms in total. The Morgan fingerprint density at radius 1 is 1.54 bits per heavy atom. The van der Waals surface area contributed by atoms with Crippen LogP contribution in [-0.2, 0) is 0 Å². The van der Waals surface area contributed by atoms with Crippen LogP contribution >= 0.6 is 0 Å². The molecule has 0 bridgehead atoms. The minimum atomic E-state index is -1.05. The third-order valence-electron chi connectivity index (χ3n) is 2.05. The molecule has 0 saturated carbocycles. The lowest BCUT2D eigenvalue weighted by atomic mass is 10.0. The maximum atomic E-state index is 12.2. The number of rotatable bonds is 3. The fourth-order valence-corrected chi connectivity index (χ4v) is 1.30. The summed E-state index contributed by atoms with van der Waals surface area (Å²) in [6, 6.07) is 5.21. The summed E-state index contributed by atoms with van der Waals surface area (Å²) in [6.07, 6.45) is -1.05. The minimum absolute atomic E-state index is 0.585. The average Bonchev–Trinajstić information content (AvgIpc) is 2.17. The van der Waals surface area contributed by atoms with Gasteiger partial charge in [-0.1, -0.05) is 12.1 Å². The van der Waals surface area contributed by atoms with Gasteiger partial charge >= 0.3 is 0 Å². The highest BCUT2D eigenvalue weighted by atomic mass is 19.1. The van der Waals surface area contributed by atoms with E-state index in [4.69, 9.17) is 4.74 Å². The van der Waals surface area contributed by atoms with Gasteiger partial charge in [-0.05, 0) is 24.1 Å². The minimum Gasteiger partial charge on any atom is -0.496 e. The van der Waals surface area contributed by atoms with Gasteiger partial charge in [-0.25, -0.2) is 4.39 Å². The van der Waals surface area contributed by atoms with Gasteiger partial charge in [0.05, 0.1) is 7.11 Å². The van der Waals surface area contributed by atoms with Crippen LogP contribution in [0.5, 0.6) is 5.75 Å². The number of aliphatic hydroxyl groups excluding tert-OH is 1. The molecule has 0 spiro atoms. The van der Waals surface area contributed by atoms with Gasteiger partial charge in [-0.3, -0.25) is 0 Å². The Balaban J connectivity index is 3.08. The second-order valence-electron chi connectivity index (χ2n) is 2.84. The van der Waals surface area contributed by atoms with Crippen molar-refractivity contribution in [3.63, 3.8) is 0 Å². The SMILES string of the molecule is COc1cccc(C(O)CF)c1C. The first-order chi connectivity index (χ1) is 6.20. The molecule has 0 aliphatic heterocycles. The first-order valence-corrected chi connectivity index (χ1v) is 4.08. The Labute approximate surface area is 77.0 Å². The molecular weight excluding hydrogens is 171 g/mol. The molecule has 0 amide bonds. The number of methoxy groups -OCH3 is 1. The van der Waals surface area contributed by atoms with E-state index in [1.54, 1.807) is 32.2 Å². The van der Waals surface area contributed by atoms with Crippen LogP contribution in [0, 0.1) is 6.92 Å². The number of alkyl halides is 1. The van der Waals surface area contributed by atoms with E-state index in [1.807, 2.05) is 0 Å². The number of hydrogen-bond donors (Lipinski definition) is 1. The summed E-state index contributed by atoms with van der Waals surface area (Å²) in [4.78, 5) is 0. The van der Waals surface area contributed by atoms with Crippen molar-refractivity contribution < 1.29 is 14.2 Å². The maximum Gasteiger partial charge on any atom is 0.122 e. The van der Waals surface area contributed by atoms with Crippen molar-refractivity contribution in [3.8, 4) is 5.75 Å². The maximum absolute atomic E-state index is 12.2. The molecule has 1 rings (SSSR count). The second kappa shape index (κ2) is 4.23. The topological polar surface area (TPSA) is 29.5 Å². The Morgan fingerprint density at radius 3 is 2.77 bits per heavy atom. The van der Waals surface area contributed by atoms with Gasteiger partial charge in [0.25, 0.3) is 0 Å². The molecule has 13 heavy (non-hydrogen) atoms. The van der Waals surface area contributed by atoms with Crippen LogP contribution in [0.4, 0.5) is 4.39 Å². The fourth-order valence-electron chi connectivity index (χ4n) is 1.30. The quantitative estimate of drug-likeness (QED) is 0.778. The number of aliphatic hydroxyl groups is 1. The van der Waals surface area contributed by atoms with Crippen molar-refractivity contribution in [2.75, 3.05) is 13.8 Å². The molecule has 3 heteroatoms. The Bertz CT molecular complexity index is 286. The van der Waals surface area contributed by atoms with E-state index in [9.17, 15) is 9.50 Å². The predicted octanol–water partition coefficient (Wildman–Crippen LogP) is 2.01. The van der Waals surface area contributed by atoms with E-state index < -0.39 is 12.8 Å². The molecule has 1 N–H and O–H groups in total. The summed E-state index contributed by atoms with van der Waals surface area (Å²) in [5.74, 6) is 0.671. The van der Waals surface area contributed by atoms with E-state index in [0.717, 1.165) is 5.56 Å². The summed E-state index contributed by atoms with van der Waals surface area (Å²) in [7, 11) is 1.55. The van der Waals surface area contributed by atoms with Crippen LogP contribution in [0.3, 0.4) is 0 Å². The number of ether oxygens (including phenoxy) is 1. The van der Waals surface area contributed by atoms with Gasteiger partial charge < -0.3 is 9.84 Å². The average molecular weight is 184 g/mol. The Hall–Kier alpha value is -1.09. The lowest BCUT2D eigenvalue weighted by Gasteiger charge is -2.12. The highest BCUT2D eigenvalue weighted by molar-refractivity contribution is 5.40. The molecule has 1 aromatic carbocycles. The Kier molecular flexibility index (Phi) is 3.25. The first-order valence-electron chi connectivity index (χ1n) is 4.08. The van der Waals surface area contributed by atoms with Gasteiger partial charge in [0, 0.05) is 0 Å². The van der Waals surface area contributed by atoms with Crippen LogP contribution < -0.4 is 4.74 Å². The summed E-state index contributed by atoms with van der Waals surface area (Å²) in [5.41, 5.74) is 1.37. The predicted molar refractivity (Wildman–Crippen MR) is 48.7 cm³/mol. The summed E-state index contributed by atoms with van der Waals surface area (Å²) < 4.78 is 17.2. The smallest absolute Gasteiger partial charge is 0.122 e. The van der Waals surface area contributed by atoms with Crippen LogP contribution in [0.25, 0.3) is 0 Å². The molecule has 0 saturated heterocycles. The fraction of sp³-hybridized carbons (Fsp3) is 0.400. The zero-order chi connectivity index (χ0) is 9.84. The summed E-state index contributed by atoms with van der Waals surface area (Å²) in [6.45, 7) is 1.03. The van der Waals surface area contributed by atoms with Gasteiger partial charge in [0.2, 0.25) is 0 Å². The molecule has 0 radical (unpaired) electrons. The van der Waals surface area contributed by atoms with Crippen molar-refractivity contribution in [2.24, 2.45) is 0 Å². The largest absolute Gasteiger partial charge is 0.496 e. The third-order valence-corrected chi connectivity index (χ3v) is 2.05. The van der Waals surface area contributed by atoms with Crippen LogP contribution in [0.1, 0.15) is 17.2 Å². The van der Waals surface area contributed by atoms with E-state index in [0.29, 0.717) is 11.3 Å². The normalized spacial score (nSPS) is 12.6. The highest BCUT2D eigenvalue weighted by Gasteiger charge is 2.11. The summed E-state index contributed by atoms with van der Waals surface area (Å²) in [5, 5.41) is 9.30. The van der Waals surface area contributed by atoms with Crippen LogP contribution in [-0.4, -0.2) is 18.9 Å². The van der Waals surface area contributed by atoms with E-state index in [2.05, 4.69) is 0 Å². The van der Waals surface area contributed by atoms with Gasteiger partial charge in [0.1, 0.15) is 18.5 Å². The Morgan fingerprint density at radius 2 is 2.23 bits per heavy atom. The molecule has 0 aromatic heterocycles. The summed E-state index contributed by atoms with van der Waals surface area (Å²) >= 11 is 0. The van der Waals surface area contributed by atoms with Gasteiger partial charge in [-0.15, -0.1) is 0 Å². The molecule has 0 fully saturated rings.